The summed E-state index contributed by atoms with van der Waals surface area (Å²) < 4.78 is 26.5. The van der Waals surface area contributed by atoms with Gasteiger partial charge in [-0.15, -0.1) is 11.3 Å². The van der Waals surface area contributed by atoms with Crippen LogP contribution in [0, 0.1) is 12.3 Å². The van der Waals surface area contributed by atoms with E-state index in [0.29, 0.717) is 30.8 Å². The Balaban J connectivity index is 1.65. The minimum Gasteiger partial charge on any atom is -0.338 e. The summed E-state index contributed by atoms with van der Waals surface area (Å²) >= 11 is 1.47. The first-order valence-corrected chi connectivity index (χ1v) is 6.99. The number of amides is 1. The van der Waals surface area contributed by atoms with Crippen molar-refractivity contribution in [3.63, 3.8) is 0 Å². The Hall–Kier alpha value is -0.970. The van der Waals surface area contributed by atoms with Gasteiger partial charge in [-0.2, -0.15) is 0 Å². The van der Waals surface area contributed by atoms with E-state index in [1.165, 1.54) is 11.3 Å². The van der Waals surface area contributed by atoms with Crippen molar-refractivity contribution < 1.29 is 13.6 Å². The molecule has 18 heavy (non-hydrogen) atoms. The Labute approximate surface area is 109 Å². The molecule has 1 aromatic rings. The molecule has 0 atom stereocenters. The fourth-order valence-corrected chi connectivity index (χ4v) is 3.60. The quantitative estimate of drug-likeness (QED) is 0.767. The first-order valence-electron chi connectivity index (χ1n) is 6.17. The fraction of sp³-hybridized carbons (Fsp3) is 0.615. The lowest BCUT2D eigenvalue weighted by molar-refractivity contribution is 0.0286. The number of aryl methyl sites for hydroxylation is 1. The van der Waals surface area contributed by atoms with Crippen molar-refractivity contribution in [1.29, 1.82) is 0 Å². The van der Waals surface area contributed by atoms with Crippen LogP contribution in [-0.4, -0.2) is 29.8 Å². The third kappa shape index (κ3) is 1.76. The zero-order valence-electron chi connectivity index (χ0n) is 10.2. The second kappa shape index (κ2) is 3.76. The zero-order chi connectivity index (χ0) is 13.0. The number of rotatable bonds is 1. The van der Waals surface area contributed by atoms with Crippen molar-refractivity contribution in [1.82, 2.24) is 4.90 Å². The molecule has 1 saturated heterocycles. The van der Waals surface area contributed by atoms with Gasteiger partial charge in [0.15, 0.2) is 0 Å². The number of alkyl halides is 2. The first kappa shape index (κ1) is 12.1. The Morgan fingerprint density at radius 3 is 2.39 bits per heavy atom. The summed E-state index contributed by atoms with van der Waals surface area (Å²) in [5, 5.41) is 0. The van der Waals surface area contributed by atoms with E-state index in [0.717, 1.165) is 4.88 Å². The van der Waals surface area contributed by atoms with Gasteiger partial charge in [0.05, 0.1) is 4.88 Å². The van der Waals surface area contributed by atoms with Crippen LogP contribution < -0.4 is 0 Å². The maximum atomic E-state index is 13.2. The molecule has 3 rings (SSSR count). The molecule has 1 aromatic heterocycles. The highest BCUT2D eigenvalue weighted by Crippen LogP contribution is 2.65. The highest BCUT2D eigenvalue weighted by atomic mass is 32.1. The molecule has 2 nitrogen and oxygen atoms in total. The monoisotopic (exact) mass is 271 g/mol. The number of carbonyl (C=O) groups is 1. The van der Waals surface area contributed by atoms with Crippen LogP contribution in [-0.2, 0) is 0 Å². The van der Waals surface area contributed by atoms with Crippen LogP contribution in [0.5, 0.6) is 0 Å². The fourth-order valence-electron chi connectivity index (χ4n) is 2.77. The molecule has 1 aliphatic carbocycles. The summed E-state index contributed by atoms with van der Waals surface area (Å²) in [5.41, 5.74) is -0.783. The average molecular weight is 271 g/mol. The van der Waals surface area contributed by atoms with Crippen molar-refractivity contribution in [2.45, 2.75) is 32.1 Å². The van der Waals surface area contributed by atoms with Crippen LogP contribution in [0.25, 0.3) is 0 Å². The van der Waals surface area contributed by atoms with Gasteiger partial charge in [0, 0.05) is 29.8 Å². The van der Waals surface area contributed by atoms with Crippen LogP contribution in [0.3, 0.4) is 0 Å². The molecule has 98 valence electrons. The SMILES string of the molecule is Cc1ccc(C(=O)N2CCC3(CC2)CC3(F)F)s1. The summed E-state index contributed by atoms with van der Waals surface area (Å²) in [4.78, 5) is 15.7. The summed E-state index contributed by atoms with van der Waals surface area (Å²) in [6.07, 6.45) is 0.895. The van der Waals surface area contributed by atoms with E-state index in [9.17, 15) is 13.6 Å². The Bertz CT molecular complexity index is 489. The predicted octanol–water partition coefficient (Wildman–Crippen LogP) is 3.32. The number of piperidine rings is 1. The average Bonchev–Trinajstić information content (AvgIpc) is 2.69. The lowest BCUT2D eigenvalue weighted by atomic mass is 9.93. The van der Waals surface area contributed by atoms with Crippen LogP contribution in [0.15, 0.2) is 12.1 Å². The Morgan fingerprint density at radius 1 is 1.33 bits per heavy atom. The van der Waals surface area contributed by atoms with E-state index >= 15 is 0 Å². The molecule has 0 unspecified atom stereocenters. The lowest BCUT2D eigenvalue weighted by Gasteiger charge is -2.32. The molecule has 2 fully saturated rings. The van der Waals surface area contributed by atoms with Crippen molar-refractivity contribution in [3.05, 3.63) is 21.9 Å². The number of hydrogen-bond donors (Lipinski definition) is 0. The maximum absolute atomic E-state index is 13.2. The Morgan fingerprint density at radius 2 is 1.94 bits per heavy atom. The van der Waals surface area contributed by atoms with Crippen LogP contribution in [0.2, 0.25) is 0 Å². The molecule has 5 heteroatoms. The van der Waals surface area contributed by atoms with E-state index in [4.69, 9.17) is 0 Å². The number of thiophene rings is 1. The molecule has 2 heterocycles. The molecular weight excluding hydrogens is 256 g/mol. The van der Waals surface area contributed by atoms with E-state index in [1.54, 1.807) is 4.90 Å². The van der Waals surface area contributed by atoms with Crippen LogP contribution >= 0.6 is 11.3 Å². The van der Waals surface area contributed by atoms with E-state index in [1.807, 2.05) is 19.1 Å². The van der Waals surface area contributed by atoms with E-state index < -0.39 is 11.3 Å². The van der Waals surface area contributed by atoms with Gasteiger partial charge in [0.2, 0.25) is 0 Å². The molecule has 0 radical (unpaired) electrons. The Kier molecular flexibility index (Phi) is 2.52. The van der Waals surface area contributed by atoms with Crippen LogP contribution in [0.4, 0.5) is 8.78 Å². The molecule has 1 saturated carbocycles. The van der Waals surface area contributed by atoms with Gasteiger partial charge in [-0.3, -0.25) is 4.79 Å². The minimum absolute atomic E-state index is 0.00748. The van der Waals surface area contributed by atoms with Gasteiger partial charge in [0.1, 0.15) is 0 Å². The minimum atomic E-state index is -2.48. The molecule has 1 spiro atoms. The van der Waals surface area contributed by atoms with Crippen LogP contribution in [0.1, 0.15) is 33.8 Å². The highest BCUT2D eigenvalue weighted by molar-refractivity contribution is 7.13. The summed E-state index contributed by atoms with van der Waals surface area (Å²) in [6, 6.07) is 3.73. The third-order valence-corrected chi connectivity index (χ3v) is 5.16. The topological polar surface area (TPSA) is 20.3 Å². The smallest absolute Gasteiger partial charge is 0.263 e. The normalized spacial score (nSPS) is 24.3. The van der Waals surface area contributed by atoms with Crippen molar-refractivity contribution in [2.24, 2.45) is 5.41 Å². The molecule has 2 aliphatic rings. The number of halogens is 2. The number of hydrogen-bond acceptors (Lipinski definition) is 2. The maximum Gasteiger partial charge on any atom is 0.263 e. The predicted molar refractivity (Wildman–Crippen MR) is 66.2 cm³/mol. The third-order valence-electron chi connectivity index (χ3n) is 4.17. The second-order valence-electron chi connectivity index (χ2n) is 5.36. The molecule has 1 aliphatic heterocycles. The van der Waals surface area contributed by atoms with Crippen molar-refractivity contribution in [3.8, 4) is 0 Å². The van der Waals surface area contributed by atoms with Crippen molar-refractivity contribution >= 4 is 17.2 Å². The van der Waals surface area contributed by atoms with Gasteiger partial charge in [-0.1, -0.05) is 0 Å². The zero-order valence-corrected chi connectivity index (χ0v) is 11.0. The molecular formula is C13H15F2NOS. The number of likely N-dealkylation sites (tertiary alicyclic amines) is 1. The molecule has 1 amide bonds. The largest absolute Gasteiger partial charge is 0.338 e. The number of nitrogens with zero attached hydrogens (tertiary/aromatic N) is 1. The highest BCUT2D eigenvalue weighted by Gasteiger charge is 2.70. The van der Waals surface area contributed by atoms with Gasteiger partial charge in [0.25, 0.3) is 11.8 Å². The second-order valence-corrected chi connectivity index (χ2v) is 6.65. The van der Waals surface area contributed by atoms with Gasteiger partial charge >= 0.3 is 0 Å². The summed E-state index contributed by atoms with van der Waals surface area (Å²) in [6.45, 7) is 2.88. The standard InChI is InChI=1S/C13H15F2NOS/c1-9-2-3-10(18-9)11(17)16-6-4-12(5-7-16)8-13(12,14)15/h2-3H,4-8H2,1H3. The van der Waals surface area contributed by atoms with E-state index in [2.05, 4.69) is 0 Å². The lowest BCUT2D eigenvalue weighted by Crippen LogP contribution is -2.40. The van der Waals surface area contributed by atoms with Gasteiger partial charge in [-0.05, 0) is 31.9 Å². The van der Waals surface area contributed by atoms with E-state index in [-0.39, 0.29) is 12.3 Å². The van der Waals surface area contributed by atoms with Gasteiger partial charge in [-0.25, -0.2) is 8.78 Å². The number of carbonyl (C=O) groups excluding carboxylic acids is 1. The first-order chi connectivity index (χ1) is 8.44. The van der Waals surface area contributed by atoms with Crippen molar-refractivity contribution in [2.75, 3.05) is 13.1 Å². The molecule has 0 aromatic carbocycles. The molecule has 0 bridgehead atoms. The van der Waals surface area contributed by atoms with Gasteiger partial charge < -0.3 is 4.90 Å². The summed E-state index contributed by atoms with van der Waals surface area (Å²) in [7, 11) is 0. The summed E-state index contributed by atoms with van der Waals surface area (Å²) in [5.74, 6) is -2.49. The molecule has 0 N–H and O–H groups in total.